The molecule has 0 heterocycles. The summed E-state index contributed by atoms with van der Waals surface area (Å²) in [5, 5.41) is 0. The standard InChI is InChI=1S/C13H16.C3H4/c1-11(13-8-4-5-9-13)10-12-6-2-3-7-12;1-3-2/h2-6,8,11H,7,9-10H2,1H3;1-2H2. The van der Waals surface area contributed by atoms with E-state index in [2.05, 4.69) is 62.3 Å². The molecule has 0 aromatic heterocycles. The molecule has 0 saturated heterocycles. The molecule has 0 heteroatoms. The quantitative estimate of drug-likeness (QED) is 0.593. The van der Waals surface area contributed by atoms with Gasteiger partial charge in [0.15, 0.2) is 0 Å². The lowest BCUT2D eigenvalue weighted by molar-refractivity contribution is 0.656. The second kappa shape index (κ2) is 6.87. The molecule has 0 spiro atoms. The minimum Gasteiger partial charge on any atom is -0.137 e. The summed E-state index contributed by atoms with van der Waals surface area (Å²) in [7, 11) is 0. The van der Waals surface area contributed by atoms with Crippen molar-refractivity contribution in [1.82, 2.24) is 0 Å². The first kappa shape index (κ1) is 12.5. The Kier molecular flexibility index (Phi) is 5.39. The molecule has 0 fully saturated rings. The van der Waals surface area contributed by atoms with Crippen LogP contribution in [0.2, 0.25) is 0 Å². The lowest BCUT2D eigenvalue weighted by Gasteiger charge is -2.13. The molecule has 84 valence electrons. The van der Waals surface area contributed by atoms with Crippen molar-refractivity contribution >= 4 is 0 Å². The summed E-state index contributed by atoms with van der Waals surface area (Å²) in [6, 6.07) is 0. The number of hydrogen-bond donors (Lipinski definition) is 0. The molecular formula is C16H20. The number of hydrogen-bond acceptors (Lipinski definition) is 0. The largest absolute Gasteiger partial charge is 0.137 e. The number of allylic oxidation sites excluding steroid dienone is 8. The molecule has 0 N–H and O–H groups in total. The van der Waals surface area contributed by atoms with Gasteiger partial charge in [-0.1, -0.05) is 67.7 Å². The molecule has 0 bridgehead atoms. The van der Waals surface area contributed by atoms with Gasteiger partial charge in [0.05, 0.1) is 0 Å². The summed E-state index contributed by atoms with van der Waals surface area (Å²) in [6.07, 6.45) is 16.9. The summed E-state index contributed by atoms with van der Waals surface area (Å²) < 4.78 is 0. The molecule has 16 heavy (non-hydrogen) atoms. The van der Waals surface area contributed by atoms with Crippen LogP contribution < -0.4 is 0 Å². The Balaban J connectivity index is 0.000000386. The minimum atomic E-state index is 0.723. The van der Waals surface area contributed by atoms with Gasteiger partial charge in [-0.05, 0) is 25.2 Å². The van der Waals surface area contributed by atoms with Crippen molar-refractivity contribution in [3.63, 3.8) is 0 Å². The van der Waals surface area contributed by atoms with Gasteiger partial charge in [0.2, 0.25) is 0 Å². The molecule has 1 atom stereocenters. The van der Waals surface area contributed by atoms with Crippen LogP contribution in [0.3, 0.4) is 0 Å². The van der Waals surface area contributed by atoms with E-state index in [0.29, 0.717) is 0 Å². The molecular weight excluding hydrogens is 192 g/mol. The maximum atomic E-state index is 3.12. The van der Waals surface area contributed by atoms with Gasteiger partial charge in [-0.3, -0.25) is 0 Å². The lowest BCUT2D eigenvalue weighted by atomic mass is 9.92. The fraction of sp³-hybridized carbons (Fsp3) is 0.312. The molecule has 2 rings (SSSR count). The molecule has 0 nitrogen and oxygen atoms in total. The summed E-state index contributed by atoms with van der Waals surface area (Å²) in [5.41, 5.74) is 5.42. The van der Waals surface area contributed by atoms with Crippen molar-refractivity contribution < 1.29 is 0 Å². The Labute approximate surface area is 99.1 Å². The van der Waals surface area contributed by atoms with Gasteiger partial charge in [-0.25, -0.2) is 0 Å². The third-order valence-corrected chi connectivity index (χ3v) is 2.85. The average Bonchev–Trinajstić information content (AvgIpc) is 2.90. The van der Waals surface area contributed by atoms with Gasteiger partial charge in [0.1, 0.15) is 0 Å². The molecule has 0 radical (unpaired) electrons. The predicted molar refractivity (Wildman–Crippen MR) is 72.2 cm³/mol. The van der Waals surface area contributed by atoms with Crippen LogP contribution in [0.15, 0.2) is 66.5 Å². The van der Waals surface area contributed by atoms with E-state index in [1.54, 1.807) is 11.1 Å². The lowest BCUT2D eigenvalue weighted by Crippen LogP contribution is -1.98. The fourth-order valence-electron chi connectivity index (χ4n) is 2.00. The van der Waals surface area contributed by atoms with Crippen LogP contribution in [0.5, 0.6) is 0 Å². The predicted octanol–water partition coefficient (Wildman–Crippen LogP) is 4.74. The third kappa shape index (κ3) is 3.92. The Morgan fingerprint density at radius 1 is 1.19 bits per heavy atom. The van der Waals surface area contributed by atoms with Crippen molar-refractivity contribution in [3.8, 4) is 0 Å². The molecule has 0 aromatic rings. The summed E-state index contributed by atoms with van der Waals surface area (Å²) in [5.74, 6) is 0.723. The normalized spacial score (nSPS) is 18.3. The van der Waals surface area contributed by atoms with E-state index in [-0.39, 0.29) is 0 Å². The van der Waals surface area contributed by atoms with E-state index in [1.165, 1.54) is 19.3 Å². The van der Waals surface area contributed by atoms with Gasteiger partial charge in [0, 0.05) is 0 Å². The van der Waals surface area contributed by atoms with E-state index in [1.807, 2.05) is 0 Å². The maximum absolute atomic E-state index is 3.12. The molecule has 2 aliphatic rings. The second-order valence-electron chi connectivity index (χ2n) is 4.19. The highest BCUT2D eigenvalue weighted by atomic mass is 14.2. The molecule has 0 saturated carbocycles. The van der Waals surface area contributed by atoms with Crippen molar-refractivity contribution in [2.45, 2.75) is 26.2 Å². The highest BCUT2D eigenvalue weighted by Gasteiger charge is 2.11. The Morgan fingerprint density at radius 2 is 1.81 bits per heavy atom. The zero-order valence-electron chi connectivity index (χ0n) is 10.1. The van der Waals surface area contributed by atoms with Crippen molar-refractivity contribution in [3.05, 3.63) is 66.5 Å². The second-order valence-corrected chi connectivity index (χ2v) is 4.19. The van der Waals surface area contributed by atoms with E-state index >= 15 is 0 Å². The summed E-state index contributed by atoms with van der Waals surface area (Å²) in [4.78, 5) is 0. The first-order valence-corrected chi connectivity index (χ1v) is 5.77. The highest BCUT2D eigenvalue weighted by molar-refractivity contribution is 5.28. The summed E-state index contributed by atoms with van der Waals surface area (Å²) >= 11 is 0. The van der Waals surface area contributed by atoms with Crippen molar-refractivity contribution in [2.24, 2.45) is 5.92 Å². The van der Waals surface area contributed by atoms with E-state index in [9.17, 15) is 0 Å². The van der Waals surface area contributed by atoms with Gasteiger partial charge in [-0.2, -0.15) is 0 Å². The Bertz CT molecular complexity index is 369. The van der Waals surface area contributed by atoms with Gasteiger partial charge >= 0.3 is 0 Å². The van der Waals surface area contributed by atoms with Crippen molar-refractivity contribution in [2.75, 3.05) is 0 Å². The van der Waals surface area contributed by atoms with Crippen molar-refractivity contribution in [1.29, 1.82) is 0 Å². The van der Waals surface area contributed by atoms with Gasteiger partial charge < -0.3 is 0 Å². The SMILES string of the molecule is C=C=C.CC(CC1=CC=CC1)C1=CC=CC1. The van der Waals surface area contributed by atoms with E-state index in [4.69, 9.17) is 0 Å². The topological polar surface area (TPSA) is 0 Å². The smallest absolute Gasteiger partial charge is 0.0130 e. The van der Waals surface area contributed by atoms with Crippen LogP contribution in [-0.4, -0.2) is 0 Å². The zero-order chi connectivity index (χ0) is 11.8. The first-order chi connectivity index (χ1) is 7.77. The van der Waals surface area contributed by atoms with Gasteiger partial charge in [0.25, 0.3) is 0 Å². The fourth-order valence-corrected chi connectivity index (χ4v) is 2.00. The van der Waals surface area contributed by atoms with Gasteiger partial charge in [-0.15, -0.1) is 5.73 Å². The van der Waals surface area contributed by atoms with E-state index in [0.717, 1.165) is 5.92 Å². The van der Waals surface area contributed by atoms with Crippen LogP contribution in [0.25, 0.3) is 0 Å². The summed E-state index contributed by atoms with van der Waals surface area (Å²) in [6.45, 7) is 8.58. The molecule has 0 aromatic carbocycles. The Hall–Kier alpha value is -1.52. The van der Waals surface area contributed by atoms with E-state index < -0.39 is 0 Å². The molecule has 0 amide bonds. The maximum Gasteiger partial charge on any atom is -0.0130 e. The number of rotatable bonds is 3. The zero-order valence-corrected chi connectivity index (χ0v) is 10.1. The van der Waals surface area contributed by atoms with Crippen LogP contribution >= 0.6 is 0 Å². The Morgan fingerprint density at radius 3 is 2.31 bits per heavy atom. The third-order valence-electron chi connectivity index (χ3n) is 2.85. The monoisotopic (exact) mass is 212 g/mol. The van der Waals surface area contributed by atoms with Crippen LogP contribution in [0.1, 0.15) is 26.2 Å². The minimum absolute atomic E-state index is 0.723. The van der Waals surface area contributed by atoms with Crippen LogP contribution in [-0.2, 0) is 0 Å². The average molecular weight is 212 g/mol. The molecule has 0 aliphatic heterocycles. The first-order valence-electron chi connectivity index (χ1n) is 5.77. The van der Waals surface area contributed by atoms with Crippen LogP contribution in [0.4, 0.5) is 0 Å². The van der Waals surface area contributed by atoms with Crippen LogP contribution in [0, 0.1) is 5.92 Å². The molecule has 1 unspecified atom stereocenters. The highest BCUT2D eigenvalue weighted by Crippen LogP contribution is 2.28. The molecule has 2 aliphatic carbocycles.